The zero-order valence-corrected chi connectivity index (χ0v) is 18.4. The zero-order chi connectivity index (χ0) is 21.4. The summed E-state index contributed by atoms with van der Waals surface area (Å²) in [5.74, 6) is 1.11. The molecule has 0 heterocycles. The van der Waals surface area contributed by atoms with Crippen molar-refractivity contribution >= 4 is 23.2 Å². The van der Waals surface area contributed by atoms with Gasteiger partial charge in [0.1, 0.15) is 11.5 Å². The molecule has 0 spiro atoms. The first-order valence-corrected chi connectivity index (χ1v) is 9.83. The van der Waals surface area contributed by atoms with Crippen LogP contribution in [0.15, 0.2) is 48.5 Å². The van der Waals surface area contributed by atoms with Crippen molar-refractivity contribution in [3.63, 3.8) is 0 Å². The maximum absolute atomic E-state index is 12.2. The van der Waals surface area contributed by atoms with Crippen LogP contribution in [-0.4, -0.2) is 24.2 Å². The monoisotopic (exact) mass is 415 g/mol. The predicted octanol–water partition coefficient (Wildman–Crippen LogP) is 3.46. The van der Waals surface area contributed by atoms with Gasteiger partial charge < -0.3 is 14.8 Å². The van der Waals surface area contributed by atoms with E-state index in [4.69, 9.17) is 21.7 Å². The van der Waals surface area contributed by atoms with Gasteiger partial charge in [0.15, 0.2) is 11.2 Å². The smallest absolute Gasteiger partial charge is 0.279 e. The Labute approximate surface area is 178 Å². The van der Waals surface area contributed by atoms with Crippen molar-refractivity contribution in [2.24, 2.45) is 0 Å². The van der Waals surface area contributed by atoms with Gasteiger partial charge in [0.25, 0.3) is 5.91 Å². The van der Waals surface area contributed by atoms with Crippen molar-refractivity contribution in [2.45, 2.75) is 45.8 Å². The van der Waals surface area contributed by atoms with Crippen molar-refractivity contribution in [3.05, 3.63) is 59.7 Å². The van der Waals surface area contributed by atoms with Gasteiger partial charge in [-0.25, -0.2) is 0 Å². The van der Waals surface area contributed by atoms with Crippen LogP contribution in [0.4, 0.5) is 0 Å². The molecule has 0 aliphatic heterocycles. The first-order chi connectivity index (χ1) is 13.7. The highest BCUT2D eigenvalue weighted by Gasteiger charge is 2.16. The molecule has 0 bridgehead atoms. The summed E-state index contributed by atoms with van der Waals surface area (Å²) in [6.45, 7) is 8.66. The number of benzene rings is 2. The maximum atomic E-state index is 12.2. The van der Waals surface area contributed by atoms with Gasteiger partial charge in [0.2, 0.25) is 0 Å². The lowest BCUT2D eigenvalue weighted by atomic mass is 9.87. The molecule has 0 radical (unpaired) electrons. The van der Waals surface area contributed by atoms with Gasteiger partial charge in [-0.05, 0) is 59.9 Å². The third kappa shape index (κ3) is 7.27. The van der Waals surface area contributed by atoms with Crippen LogP contribution in [-0.2, 0) is 16.8 Å². The van der Waals surface area contributed by atoms with Crippen LogP contribution in [0.25, 0.3) is 0 Å². The number of carbonyl (C=O) groups is 1. The molecule has 0 aromatic heterocycles. The minimum absolute atomic E-state index is 0.0694. The quantitative estimate of drug-likeness (QED) is 0.496. The normalized spacial score (nSPS) is 11.9. The Kier molecular flexibility index (Phi) is 7.84. The number of nitrogens with one attached hydrogen (secondary N) is 3. The highest BCUT2D eigenvalue weighted by Crippen LogP contribution is 2.24. The molecule has 2 aromatic carbocycles. The SMILES string of the molecule is COc1ccc(CNC(=S)NNC(=O)[C@H](C)Oc2ccc(C(C)(C)C)cc2)cc1. The molecule has 0 saturated carbocycles. The van der Waals surface area contributed by atoms with Gasteiger partial charge in [0, 0.05) is 6.54 Å². The summed E-state index contributed by atoms with van der Waals surface area (Å²) in [4.78, 5) is 12.2. The molecule has 0 aliphatic carbocycles. The van der Waals surface area contributed by atoms with Gasteiger partial charge in [-0.3, -0.25) is 15.6 Å². The Bertz CT molecular complexity index is 815. The number of amides is 1. The fraction of sp³-hybridized carbons (Fsp3) is 0.364. The van der Waals surface area contributed by atoms with Crippen LogP contribution >= 0.6 is 12.2 Å². The number of hydrogen-bond acceptors (Lipinski definition) is 4. The van der Waals surface area contributed by atoms with Gasteiger partial charge in [-0.2, -0.15) is 0 Å². The lowest BCUT2D eigenvalue weighted by Crippen LogP contribution is -2.50. The minimum Gasteiger partial charge on any atom is -0.497 e. The maximum Gasteiger partial charge on any atom is 0.279 e. The standard InChI is InChI=1S/C22H29N3O3S/c1-15(28-19-12-8-17(9-13-19)22(2,3)4)20(26)24-25-21(29)23-14-16-6-10-18(27-5)11-7-16/h6-13,15H,14H2,1-5H3,(H,24,26)(H2,23,25,29)/t15-/m0/s1. The summed E-state index contributed by atoms with van der Waals surface area (Å²) < 4.78 is 10.8. The van der Waals surface area contributed by atoms with Gasteiger partial charge in [0.05, 0.1) is 7.11 Å². The topological polar surface area (TPSA) is 71.6 Å². The number of methoxy groups -OCH3 is 1. The lowest BCUT2D eigenvalue weighted by Gasteiger charge is -2.20. The van der Waals surface area contributed by atoms with Crippen molar-refractivity contribution < 1.29 is 14.3 Å². The van der Waals surface area contributed by atoms with E-state index in [1.54, 1.807) is 14.0 Å². The zero-order valence-electron chi connectivity index (χ0n) is 17.5. The molecule has 0 unspecified atom stereocenters. The summed E-state index contributed by atoms with van der Waals surface area (Å²) in [5, 5.41) is 3.34. The van der Waals surface area contributed by atoms with Crippen molar-refractivity contribution in [1.29, 1.82) is 0 Å². The Morgan fingerprint density at radius 2 is 1.59 bits per heavy atom. The number of ether oxygens (including phenoxy) is 2. The Morgan fingerprint density at radius 1 is 1.00 bits per heavy atom. The molecule has 1 atom stereocenters. The number of hydrazine groups is 1. The molecule has 156 valence electrons. The Balaban J connectivity index is 1.75. The molecule has 2 aromatic rings. The third-order valence-corrected chi connectivity index (χ3v) is 4.56. The fourth-order valence-corrected chi connectivity index (χ4v) is 2.60. The average Bonchev–Trinajstić information content (AvgIpc) is 2.70. The van der Waals surface area contributed by atoms with Crippen LogP contribution in [0.5, 0.6) is 11.5 Å². The lowest BCUT2D eigenvalue weighted by molar-refractivity contribution is -0.127. The number of carbonyl (C=O) groups excluding carboxylic acids is 1. The third-order valence-electron chi connectivity index (χ3n) is 4.31. The molecule has 2 rings (SSSR count). The largest absolute Gasteiger partial charge is 0.497 e. The minimum atomic E-state index is -0.674. The summed E-state index contributed by atoms with van der Waals surface area (Å²) >= 11 is 5.18. The Morgan fingerprint density at radius 3 is 2.14 bits per heavy atom. The average molecular weight is 416 g/mol. The van der Waals surface area contributed by atoms with Gasteiger partial charge in [-0.15, -0.1) is 0 Å². The molecule has 7 heteroatoms. The van der Waals surface area contributed by atoms with E-state index in [9.17, 15) is 4.79 Å². The number of hydrogen-bond donors (Lipinski definition) is 3. The molecule has 0 saturated heterocycles. The van der Waals surface area contributed by atoms with E-state index in [0.717, 1.165) is 11.3 Å². The van der Waals surface area contributed by atoms with E-state index >= 15 is 0 Å². The molecular formula is C22H29N3O3S. The second-order valence-electron chi connectivity index (χ2n) is 7.68. The molecule has 0 aliphatic rings. The van der Waals surface area contributed by atoms with E-state index in [0.29, 0.717) is 17.4 Å². The number of thiocarbonyl (C=S) groups is 1. The highest BCUT2D eigenvalue weighted by atomic mass is 32.1. The second-order valence-corrected chi connectivity index (χ2v) is 8.09. The van der Waals surface area contributed by atoms with E-state index < -0.39 is 6.10 Å². The van der Waals surface area contributed by atoms with E-state index in [-0.39, 0.29) is 11.3 Å². The molecule has 0 fully saturated rings. The molecule has 29 heavy (non-hydrogen) atoms. The van der Waals surface area contributed by atoms with Crippen LogP contribution in [0, 0.1) is 0 Å². The molecule has 1 amide bonds. The molecule has 6 nitrogen and oxygen atoms in total. The fourth-order valence-electron chi connectivity index (χ4n) is 2.48. The van der Waals surface area contributed by atoms with Crippen LogP contribution in [0.1, 0.15) is 38.8 Å². The van der Waals surface area contributed by atoms with Crippen molar-refractivity contribution in [1.82, 2.24) is 16.2 Å². The summed E-state index contributed by atoms with van der Waals surface area (Å²) in [7, 11) is 1.63. The van der Waals surface area contributed by atoms with Gasteiger partial charge in [-0.1, -0.05) is 45.0 Å². The summed E-state index contributed by atoms with van der Waals surface area (Å²) in [6.07, 6.45) is -0.674. The van der Waals surface area contributed by atoms with Crippen LogP contribution in [0.2, 0.25) is 0 Å². The first kappa shape index (κ1) is 22.5. The molecular weight excluding hydrogens is 386 g/mol. The Hall–Kier alpha value is -2.80. The van der Waals surface area contributed by atoms with Crippen LogP contribution in [0.3, 0.4) is 0 Å². The van der Waals surface area contributed by atoms with Crippen LogP contribution < -0.4 is 25.6 Å². The highest BCUT2D eigenvalue weighted by molar-refractivity contribution is 7.80. The summed E-state index contributed by atoms with van der Waals surface area (Å²) in [5.41, 5.74) is 7.56. The number of rotatable bonds is 6. The van der Waals surface area contributed by atoms with Crippen molar-refractivity contribution in [3.8, 4) is 11.5 Å². The van der Waals surface area contributed by atoms with E-state index in [1.165, 1.54) is 5.56 Å². The van der Waals surface area contributed by atoms with E-state index in [1.807, 2.05) is 48.5 Å². The van der Waals surface area contributed by atoms with Crippen molar-refractivity contribution in [2.75, 3.05) is 7.11 Å². The summed E-state index contributed by atoms with van der Waals surface area (Å²) in [6, 6.07) is 15.4. The molecule has 3 N–H and O–H groups in total. The van der Waals surface area contributed by atoms with E-state index in [2.05, 4.69) is 36.9 Å². The predicted molar refractivity (Wildman–Crippen MR) is 119 cm³/mol. The first-order valence-electron chi connectivity index (χ1n) is 9.43. The van der Waals surface area contributed by atoms with Gasteiger partial charge >= 0.3 is 0 Å². The second kappa shape index (κ2) is 10.1.